The second-order valence-corrected chi connectivity index (χ2v) is 5.85. The molecule has 18 heavy (non-hydrogen) atoms. The molecule has 0 N–H and O–H groups in total. The Labute approximate surface area is 107 Å². The molecule has 2 aliphatic heterocycles. The van der Waals surface area contributed by atoms with Crippen LogP contribution < -0.4 is 0 Å². The Morgan fingerprint density at radius 1 is 1.28 bits per heavy atom. The van der Waals surface area contributed by atoms with E-state index in [4.69, 9.17) is 14.2 Å². The summed E-state index contributed by atoms with van der Waals surface area (Å²) in [6.45, 7) is 3.89. The fraction of sp³-hybridized carbons (Fsp3) is 0.923. The molecule has 0 amide bonds. The quantitative estimate of drug-likeness (QED) is 0.696. The maximum atomic E-state index is 11.3. The number of esters is 1. The molecule has 2 saturated heterocycles. The summed E-state index contributed by atoms with van der Waals surface area (Å²) in [7, 11) is 1.41. The van der Waals surface area contributed by atoms with Crippen LogP contribution in [-0.2, 0) is 23.7 Å². The van der Waals surface area contributed by atoms with Crippen molar-refractivity contribution in [3.05, 3.63) is 0 Å². The lowest BCUT2D eigenvalue weighted by atomic mass is 9.98. The first-order valence-corrected chi connectivity index (χ1v) is 6.56. The summed E-state index contributed by atoms with van der Waals surface area (Å²) in [5.74, 6) is -0.340. The highest BCUT2D eigenvalue weighted by Gasteiger charge is 2.57. The Morgan fingerprint density at radius 2 is 2.06 bits per heavy atom. The van der Waals surface area contributed by atoms with E-state index in [1.807, 2.05) is 13.8 Å². The minimum Gasteiger partial charge on any atom is -0.469 e. The van der Waals surface area contributed by atoms with E-state index < -0.39 is 5.79 Å². The zero-order valence-corrected chi connectivity index (χ0v) is 11.0. The van der Waals surface area contributed by atoms with E-state index in [0.717, 1.165) is 12.8 Å². The lowest BCUT2D eigenvalue weighted by molar-refractivity contribution is -0.161. The minimum absolute atomic E-state index is 0.0271. The van der Waals surface area contributed by atoms with Crippen molar-refractivity contribution in [2.75, 3.05) is 7.11 Å². The average Bonchev–Trinajstić information content (AvgIpc) is 2.86. The fourth-order valence-electron chi connectivity index (χ4n) is 3.47. The average molecular weight is 256 g/mol. The third-order valence-corrected chi connectivity index (χ3v) is 4.11. The Kier molecular flexibility index (Phi) is 2.88. The van der Waals surface area contributed by atoms with Crippen LogP contribution >= 0.6 is 0 Å². The van der Waals surface area contributed by atoms with Gasteiger partial charge in [-0.1, -0.05) is 0 Å². The lowest BCUT2D eigenvalue weighted by Gasteiger charge is -2.21. The largest absolute Gasteiger partial charge is 0.469 e. The van der Waals surface area contributed by atoms with Crippen LogP contribution in [0.3, 0.4) is 0 Å². The number of hydrogen-bond donors (Lipinski definition) is 0. The number of carbonyl (C=O) groups is 1. The van der Waals surface area contributed by atoms with E-state index in [0.29, 0.717) is 12.3 Å². The zero-order valence-electron chi connectivity index (χ0n) is 11.0. The van der Waals surface area contributed by atoms with E-state index in [-0.39, 0.29) is 30.4 Å². The molecular formula is C13H20O5. The van der Waals surface area contributed by atoms with Crippen molar-refractivity contribution in [1.29, 1.82) is 0 Å². The zero-order chi connectivity index (χ0) is 12.9. The van der Waals surface area contributed by atoms with Crippen molar-refractivity contribution in [2.45, 2.75) is 63.3 Å². The summed E-state index contributed by atoms with van der Waals surface area (Å²) in [6.07, 6.45) is 2.48. The number of ether oxygens (including phenoxy) is 4. The molecule has 0 radical (unpaired) electrons. The Hall–Kier alpha value is -0.650. The second kappa shape index (κ2) is 4.18. The van der Waals surface area contributed by atoms with Gasteiger partial charge in [-0.2, -0.15) is 0 Å². The number of fused-ring (bicyclic) bond motifs is 3. The highest BCUT2D eigenvalue weighted by Crippen LogP contribution is 2.48. The normalized spacial score (nSPS) is 44.7. The standard InChI is InChI=1S/C13H20O5/c1-13(2)17-10-6-9-8(12(10)18-13)4-7(16-9)5-11(14)15-3/h7-10,12H,4-6H2,1-3H3/t7-,8+,9+,10+,12-/m0/s1. The molecule has 5 heteroatoms. The molecule has 5 atom stereocenters. The first-order valence-electron chi connectivity index (χ1n) is 6.56. The van der Waals surface area contributed by atoms with Crippen molar-refractivity contribution in [1.82, 2.24) is 0 Å². The summed E-state index contributed by atoms with van der Waals surface area (Å²) in [5, 5.41) is 0. The maximum Gasteiger partial charge on any atom is 0.308 e. The molecule has 3 aliphatic rings. The molecule has 0 aromatic heterocycles. The first kappa shape index (κ1) is 12.4. The predicted octanol–water partition coefficient (Wildman–Crippen LogP) is 1.25. The highest BCUT2D eigenvalue weighted by atomic mass is 16.8. The van der Waals surface area contributed by atoms with Crippen LogP contribution in [0.2, 0.25) is 0 Å². The molecule has 2 heterocycles. The monoisotopic (exact) mass is 256 g/mol. The van der Waals surface area contributed by atoms with Gasteiger partial charge < -0.3 is 18.9 Å². The molecule has 0 aromatic carbocycles. The van der Waals surface area contributed by atoms with E-state index >= 15 is 0 Å². The van der Waals surface area contributed by atoms with Crippen LogP contribution in [0.1, 0.15) is 33.1 Å². The SMILES string of the molecule is COC(=O)C[C@@H]1C[C@H]2[C@@H]3OC(C)(C)O[C@@H]3C[C@H]2O1. The third-order valence-electron chi connectivity index (χ3n) is 4.11. The molecule has 0 bridgehead atoms. The maximum absolute atomic E-state index is 11.3. The van der Waals surface area contributed by atoms with Gasteiger partial charge in [-0.25, -0.2) is 0 Å². The Morgan fingerprint density at radius 3 is 2.78 bits per heavy atom. The summed E-state index contributed by atoms with van der Waals surface area (Å²) in [4.78, 5) is 11.3. The van der Waals surface area contributed by atoms with Gasteiger partial charge in [-0.05, 0) is 20.3 Å². The van der Waals surface area contributed by atoms with Crippen LogP contribution in [0, 0.1) is 5.92 Å². The minimum atomic E-state index is -0.485. The van der Waals surface area contributed by atoms with Crippen LogP contribution in [-0.4, -0.2) is 43.3 Å². The number of hydrogen-bond acceptors (Lipinski definition) is 5. The molecule has 1 saturated carbocycles. The van der Waals surface area contributed by atoms with Crippen molar-refractivity contribution in [2.24, 2.45) is 5.92 Å². The predicted molar refractivity (Wildman–Crippen MR) is 61.8 cm³/mol. The van der Waals surface area contributed by atoms with E-state index in [2.05, 4.69) is 4.74 Å². The Bertz CT molecular complexity index is 353. The number of carbonyl (C=O) groups excluding carboxylic acids is 1. The molecular weight excluding hydrogens is 236 g/mol. The Balaban J connectivity index is 1.62. The van der Waals surface area contributed by atoms with Gasteiger partial charge in [0, 0.05) is 12.3 Å². The van der Waals surface area contributed by atoms with Gasteiger partial charge >= 0.3 is 5.97 Å². The molecule has 0 spiro atoms. The molecule has 3 fully saturated rings. The fourth-order valence-corrected chi connectivity index (χ4v) is 3.47. The summed E-state index contributed by atoms with van der Waals surface area (Å²) < 4.78 is 22.4. The molecule has 0 aromatic rings. The van der Waals surface area contributed by atoms with Crippen molar-refractivity contribution >= 4 is 5.97 Å². The van der Waals surface area contributed by atoms with Gasteiger partial charge in [0.1, 0.15) is 0 Å². The first-order chi connectivity index (χ1) is 8.48. The highest BCUT2D eigenvalue weighted by molar-refractivity contribution is 5.69. The number of rotatable bonds is 2. The van der Waals surface area contributed by atoms with Crippen molar-refractivity contribution in [3.8, 4) is 0 Å². The number of methoxy groups -OCH3 is 1. The van der Waals surface area contributed by atoms with Gasteiger partial charge in [-0.3, -0.25) is 4.79 Å². The van der Waals surface area contributed by atoms with E-state index in [1.54, 1.807) is 0 Å². The second-order valence-electron chi connectivity index (χ2n) is 5.85. The van der Waals surface area contributed by atoms with E-state index in [9.17, 15) is 4.79 Å². The summed E-state index contributed by atoms with van der Waals surface area (Å²) >= 11 is 0. The van der Waals surface area contributed by atoms with Gasteiger partial charge in [-0.15, -0.1) is 0 Å². The smallest absolute Gasteiger partial charge is 0.308 e. The molecule has 5 nitrogen and oxygen atoms in total. The third kappa shape index (κ3) is 2.04. The van der Waals surface area contributed by atoms with Crippen LogP contribution in [0.5, 0.6) is 0 Å². The van der Waals surface area contributed by atoms with Crippen LogP contribution in [0.15, 0.2) is 0 Å². The van der Waals surface area contributed by atoms with Crippen molar-refractivity contribution < 1.29 is 23.7 Å². The molecule has 1 aliphatic carbocycles. The molecule has 0 unspecified atom stereocenters. The summed E-state index contributed by atoms with van der Waals surface area (Å²) in [6, 6.07) is 0. The van der Waals surface area contributed by atoms with Gasteiger partial charge in [0.25, 0.3) is 0 Å². The topological polar surface area (TPSA) is 54.0 Å². The van der Waals surface area contributed by atoms with Crippen LogP contribution in [0.4, 0.5) is 0 Å². The summed E-state index contributed by atoms with van der Waals surface area (Å²) in [5.41, 5.74) is 0. The molecule has 3 rings (SSSR count). The van der Waals surface area contributed by atoms with Gasteiger partial charge in [0.05, 0.1) is 37.9 Å². The van der Waals surface area contributed by atoms with Crippen LogP contribution in [0.25, 0.3) is 0 Å². The lowest BCUT2D eigenvalue weighted by Crippen LogP contribution is -2.27. The molecule has 102 valence electrons. The van der Waals surface area contributed by atoms with E-state index in [1.165, 1.54) is 7.11 Å². The van der Waals surface area contributed by atoms with Gasteiger partial charge in [0.15, 0.2) is 5.79 Å². The van der Waals surface area contributed by atoms with Crippen molar-refractivity contribution in [3.63, 3.8) is 0 Å². The van der Waals surface area contributed by atoms with Gasteiger partial charge in [0.2, 0.25) is 0 Å².